The number of hydrogen-bond donors (Lipinski definition) is 2. The minimum atomic E-state index is -0.272. The van der Waals surface area contributed by atoms with Crippen LogP contribution in [0.5, 0.6) is 0 Å². The first-order valence-electron chi connectivity index (χ1n) is 6.05. The SMILES string of the molecule is Fc1ccc(Br)cc1-c1cnc(C2COCCN2)[nH]1. The Hall–Kier alpha value is -1.24. The second-order valence-electron chi connectivity index (χ2n) is 4.39. The number of H-pyrrole nitrogens is 1. The molecule has 0 spiro atoms. The van der Waals surface area contributed by atoms with E-state index in [0.29, 0.717) is 24.5 Å². The highest BCUT2D eigenvalue weighted by atomic mass is 79.9. The first-order chi connectivity index (χ1) is 9.24. The molecule has 19 heavy (non-hydrogen) atoms. The maximum Gasteiger partial charge on any atom is 0.132 e. The van der Waals surface area contributed by atoms with Crippen molar-refractivity contribution in [2.75, 3.05) is 19.8 Å². The largest absolute Gasteiger partial charge is 0.378 e. The van der Waals surface area contributed by atoms with Gasteiger partial charge < -0.3 is 15.0 Å². The van der Waals surface area contributed by atoms with Gasteiger partial charge in [0.25, 0.3) is 0 Å². The van der Waals surface area contributed by atoms with Crippen LogP contribution in [0.15, 0.2) is 28.9 Å². The zero-order valence-electron chi connectivity index (χ0n) is 10.1. The van der Waals surface area contributed by atoms with Crippen molar-refractivity contribution < 1.29 is 9.13 Å². The van der Waals surface area contributed by atoms with E-state index in [-0.39, 0.29) is 11.9 Å². The van der Waals surface area contributed by atoms with Crippen LogP contribution < -0.4 is 5.32 Å². The van der Waals surface area contributed by atoms with Crippen LogP contribution in [0.2, 0.25) is 0 Å². The summed E-state index contributed by atoms with van der Waals surface area (Å²) in [6.07, 6.45) is 1.65. The first kappa shape index (κ1) is 12.8. The third-order valence-corrected chi connectivity index (χ3v) is 3.56. The molecule has 1 unspecified atom stereocenters. The summed E-state index contributed by atoms with van der Waals surface area (Å²) in [5.41, 5.74) is 1.17. The summed E-state index contributed by atoms with van der Waals surface area (Å²) >= 11 is 3.34. The highest BCUT2D eigenvalue weighted by Crippen LogP contribution is 2.26. The molecule has 2 heterocycles. The quantitative estimate of drug-likeness (QED) is 0.892. The molecule has 1 aromatic heterocycles. The molecular formula is C13H13BrFN3O. The summed E-state index contributed by atoms with van der Waals surface area (Å²) in [4.78, 5) is 7.46. The van der Waals surface area contributed by atoms with Crippen molar-refractivity contribution in [1.82, 2.24) is 15.3 Å². The topological polar surface area (TPSA) is 49.9 Å². The Balaban J connectivity index is 1.89. The molecule has 1 aliphatic heterocycles. The van der Waals surface area contributed by atoms with Gasteiger partial charge in [-0.25, -0.2) is 9.37 Å². The van der Waals surface area contributed by atoms with E-state index in [2.05, 4.69) is 31.2 Å². The molecule has 0 saturated carbocycles. The third-order valence-electron chi connectivity index (χ3n) is 3.07. The minimum Gasteiger partial charge on any atom is -0.378 e. The molecule has 0 amide bonds. The maximum atomic E-state index is 13.8. The lowest BCUT2D eigenvalue weighted by Crippen LogP contribution is -2.35. The smallest absolute Gasteiger partial charge is 0.132 e. The number of aromatic nitrogens is 2. The van der Waals surface area contributed by atoms with Crippen LogP contribution in [0, 0.1) is 5.82 Å². The number of rotatable bonds is 2. The molecule has 0 radical (unpaired) electrons. The summed E-state index contributed by atoms with van der Waals surface area (Å²) in [5, 5.41) is 3.30. The van der Waals surface area contributed by atoms with Gasteiger partial charge in [-0.1, -0.05) is 15.9 Å². The van der Waals surface area contributed by atoms with Crippen LogP contribution in [0.4, 0.5) is 4.39 Å². The first-order valence-corrected chi connectivity index (χ1v) is 6.85. The van der Waals surface area contributed by atoms with E-state index in [4.69, 9.17) is 4.74 Å². The van der Waals surface area contributed by atoms with Gasteiger partial charge in [-0.05, 0) is 18.2 Å². The fourth-order valence-electron chi connectivity index (χ4n) is 2.10. The number of halogens is 2. The van der Waals surface area contributed by atoms with Crippen LogP contribution in [0.1, 0.15) is 11.9 Å². The number of imidazole rings is 1. The Morgan fingerprint density at radius 2 is 2.32 bits per heavy atom. The number of nitrogens with one attached hydrogen (secondary N) is 2. The van der Waals surface area contributed by atoms with Gasteiger partial charge in [-0.15, -0.1) is 0 Å². The predicted molar refractivity (Wildman–Crippen MR) is 73.2 cm³/mol. The molecular weight excluding hydrogens is 313 g/mol. The summed E-state index contributed by atoms with van der Waals surface area (Å²) in [7, 11) is 0. The van der Waals surface area contributed by atoms with Crippen LogP contribution in [0.25, 0.3) is 11.3 Å². The summed E-state index contributed by atoms with van der Waals surface area (Å²) in [5.74, 6) is 0.500. The van der Waals surface area contributed by atoms with E-state index in [0.717, 1.165) is 16.8 Å². The average molecular weight is 326 g/mol. The fourth-order valence-corrected chi connectivity index (χ4v) is 2.46. The van der Waals surface area contributed by atoms with E-state index in [1.807, 2.05) is 0 Å². The van der Waals surface area contributed by atoms with Crippen molar-refractivity contribution in [3.63, 3.8) is 0 Å². The Bertz CT molecular complexity index is 581. The molecule has 0 aliphatic carbocycles. The molecule has 6 heteroatoms. The molecule has 3 rings (SSSR count). The molecule has 1 aromatic carbocycles. The van der Waals surface area contributed by atoms with Crippen LogP contribution in [-0.2, 0) is 4.74 Å². The zero-order valence-corrected chi connectivity index (χ0v) is 11.7. The standard InChI is InChI=1S/C13H13BrFN3O/c14-8-1-2-10(15)9(5-8)11-6-17-13(18-11)12-7-19-4-3-16-12/h1-2,5-6,12,16H,3-4,7H2,(H,17,18). The summed E-state index contributed by atoms with van der Waals surface area (Å²) in [6, 6.07) is 4.88. The molecule has 100 valence electrons. The predicted octanol–water partition coefficient (Wildman–Crippen LogP) is 2.64. The lowest BCUT2D eigenvalue weighted by molar-refractivity contribution is 0.0745. The van der Waals surface area contributed by atoms with E-state index in [1.54, 1.807) is 18.3 Å². The normalized spacial score (nSPS) is 19.6. The van der Waals surface area contributed by atoms with Gasteiger partial charge in [-0.2, -0.15) is 0 Å². The number of nitrogens with zero attached hydrogens (tertiary/aromatic N) is 1. The maximum absolute atomic E-state index is 13.8. The molecule has 1 atom stereocenters. The average Bonchev–Trinajstić information content (AvgIpc) is 2.92. The van der Waals surface area contributed by atoms with Gasteiger partial charge in [0, 0.05) is 16.6 Å². The second kappa shape index (κ2) is 5.40. The van der Waals surface area contributed by atoms with Crippen LogP contribution in [-0.4, -0.2) is 29.7 Å². The minimum absolute atomic E-state index is 0.0396. The highest BCUT2D eigenvalue weighted by Gasteiger charge is 2.19. The van der Waals surface area contributed by atoms with Gasteiger partial charge in [-0.3, -0.25) is 0 Å². The summed E-state index contributed by atoms with van der Waals surface area (Å²) < 4.78 is 20.0. The zero-order chi connectivity index (χ0) is 13.2. The Kier molecular flexibility index (Phi) is 3.63. The molecule has 2 aromatic rings. The lowest BCUT2D eigenvalue weighted by atomic mass is 10.1. The summed E-state index contributed by atoms with van der Waals surface area (Å²) in [6.45, 7) is 2.09. The van der Waals surface area contributed by atoms with E-state index >= 15 is 0 Å². The molecule has 1 fully saturated rings. The van der Waals surface area contributed by atoms with Crippen molar-refractivity contribution in [1.29, 1.82) is 0 Å². The van der Waals surface area contributed by atoms with Crippen molar-refractivity contribution >= 4 is 15.9 Å². The van der Waals surface area contributed by atoms with Gasteiger partial charge in [0.15, 0.2) is 0 Å². The Morgan fingerprint density at radius 3 is 3.11 bits per heavy atom. The number of aromatic amines is 1. The molecule has 2 N–H and O–H groups in total. The van der Waals surface area contributed by atoms with Crippen LogP contribution >= 0.6 is 15.9 Å². The number of benzene rings is 1. The van der Waals surface area contributed by atoms with Crippen molar-refractivity contribution in [2.45, 2.75) is 6.04 Å². The van der Waals surface area contributed by atoms with Gasteiger partial charge >= 0.3 is 0 Å². The van der Waals surface area contributed by atoms with Crippen molar-refractivity contribution in [3.05, 3.63) is 40.5 Å². The molecule has 1 saturated heterocycles. The van der Waals surface area contributed by atoms with Crippen molar-refractivity contribution in [2.24, 2.45) is 0 Å². The fraction of sp³-hybridized carbons (Fsp3) is 0.308. The van der Waals surface area contributed by atoms with E-state index in [1.165, 1.54) is 6.07 Å². The van der Waals surface area contributed by atoms with Crippen molar-refractivity contribution in [3.8, 4) is 11.3 Å². The number of ether oxygens (including phenoxy) is 1. The van der Waals surface area contributed by atoms with E-state index < -0.39 is 0 Å². The van der Waals surface area contributed by atoms with Gasteiger partial charge in [0.2, 0.25) is 0 Å². The number of morpholine rings is 1. The molecule has 0 bridgehead atoms. The molecule has 1 aliphatic rings. The third kappa shape index (κ3) is 2.70. The second-order valence-corrected chi connectivity index (χ2v) is 5.30. The van der Waals surface area contributed by atoms with Gasteiger partial charge in [0.1, 0.15) is 11.6 Å². The highest BCUT2D eigenvalue weighted by molar-refractivity contribution is 9.10. The lowest BCUT2D eigenvalue weighted by Gasteiger charge is -2.21. The van der Waals surface area contributed by atoms with Gasteiger partial charge in [0.05, 0.1) is 31.1 Å². The Labute approximate surface area is 118 Å². The monoisotopic (exact) mass is 325 g/mol. The van der Waals surface area contributed by atoms with E-state index in [9.17, 15) is 4.39 Å². The Morgan fingerprint density at radius 1 is 1.42 bits per heavy atom. The number of hydrogen-bond acceptors (Lipinski definition) is 3. The molecule has 4 nitrogen and oxygen atoms in total. The van der Waals surface area contributed by atoms with Crippen LogP contribution in [0.3, 0.4) is 0 Å².